The first-order chi connectivity index (χ1) is 9.97. The van der Waals surface area contributed by atoms with E-state index in [1.54, 1.807) is 19.1 Å². The highest BCUT2D eigenvalue weighted by molar-refractivity contribution is 6.09. The lowest BCUT2D eigenvalue weighted by atomic mass is 10.1. The van der Waals surface area contributed by atoms with Crippen LogP contribution in [0.25, 0.3) is 6.08 Å². The Morgan fingerprint density at radius 3 is 2.38 bits per heavy atom. The minimum absolute atomic E-state index is 0.00325. The number of hydrogen-bond donors (Lipinski definition) is 1. The molecule has 2 rings (SSSR count). The number of nitriles is 1. The molecule has 0 aliphatic carbocycles. The van der Waals surface area contributed by atoms with E-state index in [2.05, 4.69) is 5.32 Å². The summed E-state index contributed by atoms with van der Waals surface area (Å²) >= 11 is 0. The molecule has 1 amide bonds. The summed E-state index contributed by atoms with van der Waals surface area (Å²) in [4.78, 5) is 12.1. The molecule has 21 heavy (non-hydrogen) atoms. The number of rotatable bonds is 3. The molecule has 1 aromatic carbocycles. The van der Waals surface area contributed by atoms with Crippen LogP contribution in [0.3, 0.4) is 0 Å². The second-order valence-corrected chi connectivity index (χ2v) is 4.95. The third-order valence-corrected chi connectivity index (χ3v) is 2.89. The van der Waals surface area contributed by atoms with Gasteiger partial charge in [-0.05, 0) is 56.2 Å². The van der Waals surface area contributed by atoms with E-state index in [0.717, 1.165) is 16.9 Å². The average Bonchev–Trinajstić information content (AvgIpc) is 2.80. The lowest BCUT2D eigenvalue weighted by Gasteiger charge is -2.06. The average molecular weight is 280 g/mol. The van der Waals surface area contributed by atoms with Gasteiger partial charge in [0.15, 0.2) is 0 Å². The van der Waals surface area contributed by atoms with Crippen molar-refractivity contribution in [3.63, 3.8) is 0 Å². The highest BCUT2D eigenvalue weighted by atomic mass is 16.3. The Hall–Kier alpha value is -2.80. The zero-order chi connectivity index (χ0) is 15.4. The number of carbonyl (C=O) groups excluding carboxylic acids is 1. The van der Waals surface area contributed by atoms with Gasteiger partial charge in [-0.2, -0.15) is 5.26 Å². The lowest BCUT2D eigenvalue weighted by Crippen LogP contribution is -2.13. The third-order valence-electron chi connectivity index (χ3n) is 2.89. The van der Waals surface area contributed by atoms with Gasteiger partial charge in [-0.1, -0.05) is 6.07 Å². The van der Waals surface area contributed by atoms with Crippen LogP contribution in [0.4, 0.5) is 5.69 Å². The molecule has 4 nitrogen and oxygen atoms in total. The topological polar surface area (TPSA) is 66.0 Å². The maximum atomic E-state index is 12.1. The third kappa shape index (κ3) is 3.83. The van der Waals surface area contributed by atoms with Crippen LogP contribution >= 0.6 is 0 Å². The van der Waals surface area contributed by atoms with Gasteiger partial charge in [0.05, 0.1) is 0 Å². The van der Waals surface area contributed by atoms with Gasteiger partial charge in [0.1, 0.15) is 23.2 Å². The fraction of sp³-hybridized carbons (Fsp3) is 0.176. The molecule has 0 aliphatic heterocycles. The normalized spacial score (nSPS) is 11.0. The van der Waals surface area contributed by atoms with Gasteiger partial charge in [0.25, 0.3) is 5.91 Å². The molecule has 0 aliphatic rings. The van der Waals surface area contributed by atoms with E-state index < -0.39 is 5.91 Å². The van der Waals surface area contributed by atoms with Crippen LogP contribution in [0, 0.1) is 32.1 Å². The maximum Gasteiger partial charge on any atom is 0.266 e. The van der Waals surface area contributed by atoms with Crippen molar-refractivity contribution in [2.75, 3.05) is 5.32 Å². The molecule has 4 heteroatoms. The smallest absolute Gasteiger partial charge is 0.266 e. The summed E-state index contributed by atoms with van der Waals surface area (Å²) in [5.74, 6) is 0.768. The first kappa shape index (κ1) is 14.6. The second kappa shape index (κ2) is 6.10. The van der Waals surface area contributed by atoms with Crippen LogP contribution in [0.5, 0.6) is 0 Å². The van der Waals surface area contributed by atoms with E-state index in [9.17, 15) is 4.79 Å². The summed E-state index contributed by atoms with van der Waals surface area (Å²) in [5, 5.41) is 11.9. The number of furan rings is 1. The predicted molar refractivity (Wildman–Crippen MR) is 81.6 cm³/mol. The van der Waals surface area contributed by atoms with Crippen molar-refractivity contribution in [3.8, 4) is 6.07 Å². The van der Waals surface area contributed by atoms with Gasteiger partial charge in [0.2, 0.25) is 0 Å². The Bertz CT molecular complexity index is 728. The fourth-order valence-corrected chi connectivity index (χ4v) is 2.07. The van der Waals surface area contributed by atoms with Gasteiger partial charge >= 0.3 is 0 Å². The number of aryl methyl sites for hydroxylation is 3. The summed E-state index contributed by atoms with van der Waals surface area (Å²) in [7, 11) is 0. The van der Waals surface area contributed by atoms with Crippen molar-refractivity contribution >= 4 is 17.7 Å². The second-order valence-electron chi connectivity index (χ2n) is 4.95. The van der Waals surface area contributed by atoms with Crippen molar-refractivity contribution in [1.29, 1.82) is 5.26 Å². The van der Waals surface area contributed by atoms with Crippen LogP contribution in [-0.4, -0.2) is 5.91 Å². The SMILES string of the molecule is Cc1cc(C)cc(NC(=O)/C(C#N)=C\c2ccc(C)o2)c1. The van der Waals surface area contributed by atoms with Gasteiger partial charge in [-0.15, -0.1) is 0 Å². The van der Waals surface area contributed by atoms with Crippen molar-refractivity contribution < 1.29 is 9.21 Å². The molecular weight excluding hydrogens is 264 g/mol. The van der Waals surface area contributed by atoms with Gasteiger partial charge in [0, 0.05) is 11.8 Å². The highest BCUT2D eigenvalue weighted by Gasteiger charge is 2.11. The first-order valence-electron chi connectivity index (χ1n) is 6.56. The van der Waals surface area contributed by atoms with Crippen molar-refractivity contribution in [1.82, 2.24) is 0 Å². The predicted octanol–water partition coefficient (Wildman–Crippen LogP) is 3.75. The van der Waals surface area contributed by atoms with Crippen LogP contribution < -0.4 is 5.32 Å². The summed E-state index contributed by atoms with van der Waals surface area (Å²) in [5.41, 5.74) is 2.78. The fourth-order valence-electron chi connectivity index (χ4n) is 2.07. The Morgan fingerprint density at radius 2 is 1.86 bits per heavy atom. The Morgan fingerprint density at radius 1 is 1.19 bits per heavy atom. The van der Waals surface area contributed by atoms with E-state index in [1.807, 2.05) is 38.1 Å². The van der Waals surface area contributed by atoms with E-state index in [0.29, 0.717) is 11.4 Å². The molecule has 1 N–H and O–H groups in total. The summed E-state index contributed by atoms with van der Waals surface area (Å²) in [6.45, 7) is 5.71. The lowest BCUT2D eigenvalue weighted by molar-refractivity contribution is -0.112. The zero-order valence-corrected chi connectivity index (χ0v) is 12.2. The molecule has 1 aromatic heterocycles. The minimum atomic E-state index is -0.448. The molecule has 1 heterocycles. The number of hydrogen-bond acceptors (Lipinski definition) is 3. The molecule has 0 fully saturated rings. The molecule has 106 valence electrons. The number of nitrogens with zero attached hydrogens (tertiary/aromatic N) is 1. The molecule has 0 spiro atoms. The van der Waals surface area contributed by atoms with Gasteiger partial charge in [-0.25, -0.2) is 0 Å². The number of benzene rings is 1. The van der Waals surface area contributed by atoms with Crippen LogP contribution in [0.2, 0.25) is 0 Å². The highest BCUT2D eigenvalue weighted by Crippen LogP contribution is 2.16. The quantitative estimate of drug-likeness (QED) is 0.687. The molecule has 0 saturated carbocycles. The number of carbonyl (C=O) groups is 1. The van der Waals surface area contributed by atoms with E-state index in [4.69, 9.17) is 9.68 Å². The van der Waals surface area contributed by atoms with Crippen LogP contribution in [0.15, 0.2) is 40.3 Å². The Labute approximate surface area is 123 Å². The van der Waals surface area contributed by atoms with E-state index >= 15 is 0 Å². The summed E-state index contributed by atoms with van der Waals surface area (Å²) in [6, 6.07) is 11.1. The Balaban J connectivity index is 2.21. The molecule has 0 bridgehead atoms. The van der Waals surface area contributed by atoms with Crippen molar-refractivity contribution in [3.05, 3.63) is 58.6 Å². The first-order valence-corrected chi connectivity index (χ1v) is 6.56. The standard InChI is InChI=1S/C17H16N2O2/c1-11-6-12(2)8-15(7-11)19-17(20)14(10-18)9-16-5-4-13(3)21-16/h4-9H,1-3H3,(H,19,20)/b14-9-. The van der Waals surface area contributed by atoms with Gasteiger partial charge in [-0.3, -0.25) is 4.79 Å². The molecule has 0 saturated heterocycles. The number of nitrogens with one attached hydrogen (secondary N) is 1. The van der Waals surface area contributed by atoms with Crippen LogP contribution in [-0.2, 0) is 4.79 Å². The molecule has 2 aromatic rings. The van der Waals surface area contributed by atoms with Crippen molar-refractivity contribution in [2.24, 2.45) is 0 Å². The number of anilines is 1. The largest absolute Gasteiger partial charge is 0.462 e. The van der Waals surface area contributed by atoms with E-state index in [-0.39, 0.29) is 5.57 Å². The molecule has 0 atom stereocenters. The summed E-state index contributed by atoms with van der Waals surface area (Å²) in [6.07, 6.45) is 1.44. The maximum absolute atomic E-state index is 12.1. The minimum Gasteiger partial charge on any atom is -0.462 e. The molecule has 0 unspecified atom stereocenters. The monoisotopic (exact) mass is 280 g/mol. The number of amides is 1. The van der Waals surface area contributed by atoms with Gasteiger partial charge < -0.3 is 9.73 Å². The molecule has 0 radical (unpaired) electrons. The zero-order valence-electron chi connectivity index (χ0n) is 12.2. The van der Waals surface area contributed by atoms with Crippen molar-refractivity contribution in [2.45, 2.75) is 20.8 Å². The van der Waals surface area contributed by atoms with Crippen LogP contribution in [0.1, 0.15) is 22.6 Å². The summed E-state index contributed by atoms with van der Waals surface area (Å²) < 4.78 is 5.35. The Kier molecular flexibility index (Phi) is 4.24. The van der Waals surface area contributed by atoms with E-state index in [1.165, 1.54) is 6.08 Å². The molecular formula is C17H16N2O2.